The van der Waals surface area contributed by atoms with Crippen LogP contribution in [0.15, 0.2) is 17.1 Å². The van der Waals surface area contributed by atoms with Crippen molar-refractivity contribution in [3.63, 3.8) is 0 Å². The quantitative estimate of drug-likeness (QED) is 0.690. The van der Waals surface area contributed by atoms with E-state index < -0.39 is 0 Å². The zero-order valence-electron chi connectivity index (χ0n) is 4.89. The molecule has 4 heteroatoms. The van der Waals surface area contributed by atoms with Gasteiger partial charge in [-0.2, -0.15) is 5.26 Å². The number of aromatic amines is 1. The van der Waals surface area contributed by atoms with Crippen LogP contribution in [0.25, 0.3) is 0 Å². The number of halogens is 1. The molecule has 1 aromatic heterocycles. The van der Waals surface area contributed by atoms with Gasteiger partial charge in [0.05, 0.1) is 0 Å². The molecule has 0 spiro atoms. The minimum Gasteiger partial charge on any atom is -0.327 e. The first-order chi connectivity index (χ1) is 4.74. The molecule has 0 aliphatic carbocycles. The lowest BCUT2D eigenvalue weighted by molar-refractivity contribution is 1.20. The summed E-state index contributed by atoms with van der Waals surface area (Å²) in [5.41, 5.74) is -0.171. The van der Waals surface area contributed by atoms with Gasteiger partial charge >= 0.3 is 0 Å². The Morgan fingerprint density at radius 2 is 2.40 bits per heavy atom. The fraction of sp³-hybridized carbons (Fsp3) is 0. The predicted octanol–water partition coefficient (Wildman–Crippen LogP) is 0.851. The van der Waals surface area contributed by atoms with Crippen LogP contribution in [0.3, 0.4) is 0 Å². The van der Waals surface area contributed by atoms with Gasteiger partial charge in [0.15, 0.2) is 0 Å². The maximum absolute atomic E-state index is 10.7. The van der Waals surface area contributed by atoms with Crippen LogP contribution in [0, 0.1) is 14.9 Å². The molecule has 1 N–H and O–H groups in total. The summed E-state index contributed by atoms with van der Waals surface area (Å²) in [6, 6.07) is 3.33. The van der Waals surface area contributed by atoms with E-state index in [1.165, 1.54) is 0 Å². The molecule has 0 unspecified atom stereocenters. The number of hydrogen-bond donors (Lipinski definition) is 1. The zero-order valence-corrected chi connectivity index (χ0v) is 7.05. The SMILES string of the molecule is N#Cc1cc(I)c[nH]c1=O. The summed E-state index contributed by atoms with van der Waals surface area (Å²) in [5.74, 6) is 0. The number of nitriles is 1. The first-order valence-corrected chi connectivity index (χ1v) is 3.60. The normalized spacial score (nSPS) is 8.80. The Kier molecular flexibility index (Phi) is 2.06. The molecule has 50 valence electrons. The van der Waals surface area contributed by atoms with Crippen molar-refractivity contribution in [1.29, 1.82) is 5.26 Å². The summed E-state index contributed by atoms with van der Waals surface area (Å²) in [6.07, 6.45) is 1.56. The van der Waals surface area contributed by atoms with Crippen LogP contribution in [-0.4, -0.2) is 4.98 Å². The fourth-order valence-corrected chi connectivity index (χ4v) is 1.01. The van der Waals surface area contributed by atoms with E-state index >= 15 is 0 Å². The van der Waals surface area contributed by atoms with Crippen LogP contribution < -0.4 is 5.56 Å². The van der Waals surface area contributed by atoms with Crippen molar-refractivity contribution < 1.29 is 0 Å². The highest BCUT2D eigenvalue weighted by molar-refractivity contribution is 14.1. The van der Waals surface area contributed by atoms with Gasteiger partial charge in [-0.1, -0.05) is 0 Å². The molecule has 0 aromatic carbocycles. The summed E-state index contributed by atoms with van der Waals surface area (Å²) in [6.45, 7) is 0. The molecule has 10 heavy (non-hydrogen) atoms. The second kappa shape index (κ2) is 2.84. The van der Waals surface area contributed by atoms with Crippen molar-refractivity contribution in [3.05, 3.63) is 31.8 Å². The third-order valence-corrected chi connectivity index (χ3v) is 1.61. The number of aromatic nitrogens is 1. The van der Waals surface area contributed by atoms with Gasteiger partial charge in [0.25, 0.3) is 5.56 Å². The Morgan fingerprint density at radius 3 is 2.90 bits per heavy atom. The van der Waals surface area contributed by atoms with Gasteiger partial charge in [-0.25, -0.2) is 0 Å². The molecule has 0 bridgehead atoms. The van der Waals surface area contributed by atoms with Crippen LogP contribution in [0.5, 0.6) is 0 Å². The van der Waals surface area contributed by atoms with Crippen molar-refractivity contribution in [2.24, 2.45) is 0 Å². The second-order valence-electron chi connectivity index (χ2n) is 1.67. The first kappa shape index (κ1) is 7.28. The van der Waals surface area contributed by atoms with Gasteiger partial charge in [0, 0.05) is 9.77 Å². The summed E-state index contributed by atoms with van der Waals surface area (Å²) in [4.78, 5) is 13.2. The van der Waals surface area contributed by atoms with Crippen LogP contribution in [0.4, 0.5) is 0 Å². The first-order valence-electron chi connectivity index (χ1n) is 2.52. The van der Waals surface area contributed by atoms with E-state index in [1.807, 2.05) is 22.6 Å². The van der Waals surface area contributed by atoms with Crippen LogP contribution in [-0.2, 0) is 0 Å². The summed E-state index contributed by atoms with van der Waals surface area (Å²) < 4.78 is 0.855. The van der Waals surface area contributed by atoms with Crippen LogP contribution in [0.2, 0.25) is 0 Å². The smallest absolute Gasteiger partial charge is 0.265 e. The van der Waals surface area contributed by atoms with Crippen molar-refractivity contribution in [1.82, 2.24) is 4.98 Å². The summed E-state index contributed by atoms with van der Waals surface area (Å²) >= 11 is 2.02. The third kappa shape index (κ3) is 1.36. The van der Waals surface area contributed by atoms with Gasteiger partial charge in [-0.15, -0.1) is 0 Å². The summed E-state index contributed by atoms with van der Waals surface area (Å²) in [5, 5.41) is 8.37. The molecule has 0 radical (unpaired) electrons. The molecular weight excluding hydrogens is 243 g/mol. The molecule has 0 atom stereocenters. The Balaban J connectivity index is 3.40. The van der Waals surface area contributed by atoms with Gasteiger partial charge in [0.2, 0.25) is 0 Å². The zero-order chi connectivity index (χ0) is 7.56. The Bertz CT molecular complexity index is 336. The maximum Gasteiger partial charge on any atom is 0.265 e. The molecule has 1 aromatic rings. The molecular formula is C6H3IN2O. The van der Waals surface area contributed by atoms with E-state index in [2.05, 4.69) is 4.98 Å². The van der Waals surface area contributed by atoms with Gasteiger partial charge in [0.1, 0.15) is 11.6 Å². The Labute approximate surface area is 70.8 Å². The van der Waals surface area contributed by atoms with Gasteiger partial charge < -0.3 is 4.98 Å². The molecule has 0 aliphatic rings. The fourth-order valence-electron chi connectivity index (χ4n) is 0.540. The lowest BCUT2D eigenvalue weighted by atomic mass is 10.3. The molecule has 3 nitrogen and oxygen atoms in total. The standard InChI is InChI=1S/C6H3IN2O/c7-5-1-4(2-8)6(10)9-3-5/h1,3H,(H,9,10). The van der Waals surface area contributed by atoms with E-state index in [9.17, 15) is 4.79 Å². The van der Waals surface area contributed by atoms with Gasteiger partial charge in [-0.3, -0.25) is 4.79 Å². The minimum absolute atomic E-state index is 0.159. The third-order valence-electron chi connectivity index (χ3n) is 0.988. The average Bonchev–Trinajstić information content (AvgIpc) is 1.94. The molecule has 1 heterocycles. The molecule has 0 saturated heterocycles. The van der Waals surface area contributed by atoms with Crippen LogP contribution in [0.1, 0.15) is 5.56 Å². The monoisotopic (exact) mass is 246 g/mol. The lowest BCUT2D eigenvalue weighted by Crippen LogP contribution is -2.08. The predicted molar refractivity (Wildman–Crippen MR) is 44.5 cm³/mol. The van der Waals surface area contributed by atoms with E-state index in [1.54, 1.807) is 18.3 Å². The molecule has 1 rings (SSSR count). The Morgan fingerprint density at radius 1 is 1.70 bits per heavy atom. The highest BCUT2D eigenvalue weighted by Gasteiger charge is 1.95. The maximum atomic E-state index is 10.7. The average molecular weight is 246 g/mol. The van der Waals surface area contributed by atoms with Crippen molar-refractivity contribution >= 4 is 22.6 Å². The lowest BCUT2D eigenvalue weighted by Gasteiger charge is -1.87. The number of pyridine rings is 1. The Hall–Kier alpha value is -0.830. The summed E-state index contributed by atoms with van der Waals surface area (Å²) in [7, 11) is 0. The molecule has 0 aliphatic heterocycles. The highest BCUT2D eigenvalue weighted by Crippen LogP contribution is 1.99. The number of nitrogens with zero attached hydrogens (tertiary/aromatic N) is 1. The van der Waals surface area contributed by atoms with Gasteiger partial charge in [-0.05, 0) is 28.7 Å². The van der Waals surface area contributed by atoms with E-state index in [-0.39, 0.29) is 11.1 Å². The molecule has 0 saturated carbocycles. The van der Waals surface area contributed by atoms with E-state index in [0.717, 1.165) is 3.57 Å². The number of nitrogens with one attached hydrogen (secondary N) is 1. The molecule has 0 amide bonds. The van der Waals surface area contributed by atoms with Crippen LogP contribution >= 0.6 is 22.6 Å². The minimum atomic E-state index is -0.331. The van der Waals surface area contributed by atoms with Crippen molar-refractivity contribution in [3.8, 4) is 6.07 Å². The largest absolute Gasteiger partial charge is 0.327 e. The van der Waals surface area contributed by atoms with E-state index in [4.69, 9.17) is 5.26 Å². The van der Waals surface area contributed by atoms with Crippen molar-refractivity contribution in [2.75, 3.05) is 0 Å². The molecule has 0 fully saturated rings. The second-order valence-corrected chi connectivity index (χ2v) is 2.92. The highest BCUT2D eigenvalue weighted by atomic mass is 127. The van der Waals surface area contributed by atoms with Crippen molar-refractivity contribution in [2.45, 2.75) is 0 Å². The topological polar surface area (TPSA) is 56.6 Å². The number of rotatable bonds is 0. The number of hydrogen-bond acceptors (Lipinski definition) is 2. The van der Waals surface area contributed by atoms with E-state index in [0.29, 0.717) is 0 Å². The number of H-pyrrole nitrogens is 1.